The maximum Gasteiger partial charge on any atom is 0.414 e. The summed E-state index contributed by atoms with van der Waals surface area (Å²) in [7, 11) is 0. The molecule has 0 fully saturated rings. The fourth-order valence-corrected chi connectivity index (χ4v) is 2.87. The number of anilines is 1. The molecule has 0 aromatic heterocycles. The number of rotatable bonds is 4. The van der Waals surface area contributed by atoms with Gasteiger partial charge in [0.05, 0.1) is 5.69 Å². The molecule has 0 aliphatic carbocycles. The molecule has 0 spiro atoms. The number of carbonyl (C=O) groups excluding carboxylic acids is 1. The molecule has 24 heavy (non-hydrogen) atoms. The molecule has 1 amide bonds. The average Bonchev–Trinajstić information content (AvgIpc) is 2.85. The van der Waals surface area contributed by atoms with Gasteiger partial charge in [0.25, 0.3) is 0 Å². The number of benzene rings is 1. The van der Waals surface area contributed by atoms with E-state index in [9.17, 15) is 4.79 Å². The van der Waals surface area contributed by atoms with Gasteiger partial charge in [-0.25, -0.2) is 4.79 Å². The van der Waals surface area contributed by atoms with E-state index >= 15 is 0 Å². The van der Waals surface area contributed by atoms with Crippen molar-refractivity contribution < 1.29 is 9.53 Å². The van der Waals surface area contributed by atoms with Crippen molar-refractivity contribution in [2.24, 2.45) is 5.41 Å². The zero-order valence-corrected chi connectivity index (χ0v) is 16.0. The number of fused-ring (bicyclic) bond motifs is 1. The van der Waals surface area contributed by atoms with Gasteiger partial charge in [0, 0.05) is 13.1 Å². The van der Waals surface area contributed by atoms with Crippen molar-refractivity contribution in [3.05, 3.63) is 29.3 Å². The molecule has 2 rings (SSSR count). The minimum Gasteiger partial charge on any atom is -0.443 e. The fraction of sp³-hybridized carbons (Fsp3) is 0.650. The highest BCUT2D eigenvalue weighted by atomic mass is 16.6. The lowest BCUT2D eigenvalue weighted by molar-refractivity contribution is 0.0583. The molecule has 0 saturated carbocycles. The molecule has 1 aliphatic rings. The van der Waals surface area contributed by atoms with Crippen LogP contribution in [-0.2, 0) is 17.7 Å². The van der Waals surface area contributed by atoms with Crippen molar-refractivity contribution >= 4 is 11.8 Å². The van der Waals surface area contributed by atoms with Gasteiger partial charge < -0.3 is 10.1 Å². The molecule has 0 bridgehead atoms. The maximum absolute atomic E-state index is 12.5. The van der Waals surface area contributed by atoms with Crippen LogP contribution in [-0.4, -0.2) is 24.8 Å². The summed E-state index contributed by atoms with van der Waals surface area (Å²) in [5.41, 5.74) is 3.30. The van der Waals surface area contributed by atoms with E-state index in [1.54, 1.807) is 4.90 Å². The van der Waals surface area contributed by atoms with E-state index in [0.717, 1.165) is 31.6 Å². The highest BCUT2D eigenvalue weighted by molar-refractivity contribution is 5.91. The van der Waals surface area contributed by atoms with Crippen molar-refractivity contribution in [2.75, 3.05) is 18.0 Å². The van der Waals surface area contributed by atoms with Gasteiger partial charge in [-0.1, -0.05) is 39.0 Å². The van der Waals surface area contributed by atoms with E-state index in [-0.39, 0.29) is 6.09 Å². The predicted molar refractivity (Wildman–Crippen MR) is 99.5 cm³/mol. The normalized spacial score (nSPS) is 14.7. The van der Waals surface area contributed by atoms with Crippen LogP contribution < -0.4 is 10.2 Å². The standard InChI is InChI=1S/C20H32N2O2/c1-19(2,3)11-12-21-14-16-9-7-8-15-10-13-22(17(15)16)18(23)24-20(4,5)6/h7-9,21H,10-14H2,1-6H3. The van der Waals surface area contributed by atoms with Crippen molar-refractivity contribution in [1.29, 1.82) is 0 Å². The van der Waals surface area contributed by atoms with Crippen LogP contribution in [0.4, 0.5) is 10.5 Å². The van der Waals surface area contributed by atoms with Crippen LogP contribution in [0.2, 0.25) is 0 Å². The van der Waals surface area contributed by atoms with E-state index in [0.29, 0.717) is 12.0 Å². The molecule has 1 aromatic rings. The molecule has 0 unspecified atom stereocenters. The highest BCUT2D eigenvalue weighted by Gasteiger charge is 2.30. The van der Waals surface area contributed by atoms with Crippen LogP contribution in [0.3, 0.4) is 0 Å². The monoisotopic (exact) mass is 332 g/mol. The minimum atomic E-state index is -0.472. The summed E-state index contributed by atoms with van der Waals surface area (Å²) in [4.78, 5) is 14.3. The summed E-state index contributed by atoms with van der Waals surface area (Å²) in [5.74, 6) is 0. The number of carbonyl (C=O) groups is 1. The van der Waals surface area contributed by atoms with Gasteiger partial charge in [-0.3, -0.25) is 4.90 Å². The molecule has 1 N–H and O–H groups in total. The summed E-state index contributed by atoms with van der Waals surface area (Å²) in [6.07, 6.45) is 1.77. The molecule has 1 aliphatic heterocycles. The second kappa shape index (κ2) is 7.14. The zero-order valence-electron chi connectivity index (χ0n) is 16.0. The molecule has 4 heteroatoms. The van der Waals surface area contributed by atoms with Crippen LogP contribution in [0.1, 0.15) is 59.1 Å². The lowest BCUT2D eigenvalue weighted by Gasteiger charge is -2.26. The molecule has 134 valence electrons. The molecule has 4 nitrogen and oxygen atoms in total. The second-order valence-corrected chi connectivity index (χ2v) is 8.79. The highest BCUT2D eigenvalue weighted by Crippen LogP contribution is 2.33. The van der Waals surface area contributed by atoms with Crippen LogP contribution in [0.25, 0.3) is 0 Å². The number of hydrogen-bond acceptors (Lipinski definition) is 3. The number of amides is 1. The molecular weight excluding hydrogens is 300 g/mol. The van der Waals surface area contributed by atoms with Crippen molar-refractivity contribution in [3.63, 3.8) is 0 Å². The Hall–Kier alpha value is -1.55. The summed E-state index contributed by atoms with van der Waals surface area (Å²) in [6.45, 7) is 14.9. The van der Waals surface area contributed by atoms with Gasteiger partial charge in [-0.05, 0) is 56.7 Å². The quantitative estimate of drug-likeness (QED) is 0.825. The minimum absolute atomic E-state index is 0.247. The lowest BCUT2D eigenvalue weighted by Crippen LogP contribution is -2.36. The first-order chi connectivity index (χ1) is 11.1. The second-order valence-electron chi connectivity index (χ2n) is 8.79. The SMILES string of the molecule is CC(C)(C)CCNCc1cccc2c1N(C(=O)OC(C)(C)C)CC2. The molecule has 1 aromatic carbocycles. The van der Waals surface area contributed by atoms with Crippen molar-refractivity contribution in [1.82, 2.24) is 5.32 Å². The third-order valence-corrected chi connectivity index (χ3v) is 4.06. The molecule has 0 radical (unpaired) electrons. The van der Waals surface area contributed by atoms with Gasteiger partial charge in [0.15, 0.2) is 0 Å². The lowest BCUT2D eigenvalue weighted by atomic mass is 9.92. The Kier molecular flexibility index (Phi) is 5.59. The van der Waals surface area contributed by atoms with Gasteiger partial charge in [-0.15, -0.1) is 0 Å². The first-order valence-corrected chi connectivity index (χ1v) is 8.89. The van der Waals surface area contributed by atoms with E-state index in [1.807, 2.05) is 20.8 Å². The van der Waals surface area contributed by atoms with E-state index in [2.05, 4.69) is 44.3 Å². The van der Waals surface area contributed by atoms with E-state index < -0.39 is 5.60 Å². The first-order valence-electron chi connectivity index (χ1n) is 8.89. The topological polar surface area (TPSA) is 41.6 Å². The molecular formula is C20H32N2O2. The smallest absolute Gasteiger partial charge is 0.414 e. The van der Waals surface area contributed by atoms with E-state index in [1.165, 1.54) is 11.1 Å². The third-order valence-electron chi connectivity index (χ3n) is 4.06. The summed E-state index contributed by atoms with van der Waals surface area (Å²) >= 11 is 0. The predicted octanol–water partition coefficient (Wildman–Crippen LogP) is 4.51. The number of ether oxygens (including phenoxy) is 1. The Morgan fingerprint density at radius 1 is 1.21 bits per heavy atom. The number of hydrogen-bond donors (Lipinski definition) is 1. The number of nitrogens with one attached hydrogen (secondary N) is 1. The summed E-state index contributed by atoms with van der Waals surface area (Å²) < 4.78 is 5.57. The van der Waals surface area contributed by atoms with Crippen molar-refractivity contribution in [2.45, 2.75) is 66.5 Å². The van der Waals surface area contributed by atoms with Crippen LogP contribution in [0, 0.1) is 5.41 Å². The van der Waals surface area contributed by atoms with Crippen molar-refractivity contribution in [3.8, 4) is 0 Å². The van der Waals surface area contributed by atoms with Gasteiger partial charge in [0.1, 0.15) is 5.60 Å². The Morgan fingerprint density at radius 3 is 2.54 bits per heavy atom. The Morgan fingerprint density at radius 2 is 1.92 bits per heavy atom. The van der Waals surface area contributed by atoms with Crippen LogP contribution in [0.15, 0.2) is 18.2 Å². The molecule has 1 heterocycles. The largest absolute Gasteiger partial charge is 0.443 e. The van der Waals surface area contributed by atoms with Crippen LogP contribution in [0.5, 0.6) is 0 Å². The van der Waals surface area contributed by atoms with E-state index in [4.69, 9.17) is 4.74 Å². The number of para-hydroxylation sites is 1. The fourth-order valence-electron chi connectivity index (χ4n) is 2.87. The summed E-state index contributed by atoms with van der Waals surface area (Å²) in [6, 6.07) is 6.29. The molecule has 0 atom stereocenters. The Labute approximate surface area is 146 Å². The Balaban J connectivity index is 2.07. The first kappa shape index (κ1) is 18.8. The van der Waals surface area contributed by atoms with Crippen LogP contribution >= 0.6 is 0 Å². The molecule has 0 saturated heterocycles. The average molecular weight is 332 g/mol. The van der Waals surface area contributed by atoms with Gasteiger partial charge in [-0.2, -0.15) is 0 Å². The Bertz CT molecular complexity index is 582. The van der Waals surface area contributed by atoms with Gasteiger partial charge in [0.2, 0.25) is 0 Å². The summed E-state index contributed by atoms with van der Waals surface area (Å²) in [5, 5.41) is 3.52. The number of nitrogens with zero attached hydrogens (tertiary/aromatic N) is 1. The third kappa shape index (κ3) is 5.23. The van der Waals surface area contributed by atoms with Gasteiger partial charge >= 0.3 is 6.09 Å². The zero-order chi connectivity index (χ0) is 18.0. The maximum atomic E-state index is 12.5.